The minimum Gasteiger partial charge on any atom is -0.454 e. The number of benzene rings is 1. The molecule has 0 radical (unpaired) electrons. The standard InChI is InChI=1S/C24H31N3O4/c1-8-27-21(16(3)17(4)26-27)22(30-15-31-23(28)29-9-2)20(14-25)18-10-12-19(13-11-18)24(5,6)7/h10-13H,8-9,15H2,1-7H3/b22-20-. The quantitative estimate of drug-likeness (QED) is 0.257. The zero-order valence-electron chi connectivity index (χ0n) is 19.4. The van der Waals surface area contributed by atoms with Crippen LogP contribution in [0.15, 0.2) is 24.3 Å². The van der Waals surface area contributed by atoms with E-state index in [1.807, 2.05) is 45.0 Å². The van der Waals surface area contributed by atoms with E-state index in [0.29, 0.717) is 29.1 Å². The van der Waals surface area contributed by atoms with E-state index >= 15 is 0 Å². The Morgan fingerprint density at radius 3 is 2.26 bits per heavy atom. The second-order valence-electron chi connectivity index (χ2n) is 8.11. The molecular formula is C24H31N3O4. The molecule has 0 saturated carbocycles. The maximum atomic E-state index is 11.6. The number of ether oxygens (including phenoxy) is 3. The highest BCUT2D eigenvalue weighted by molar-refractivity contribution is 5.94. The fourth-order valence-corrected chi connectivity index (χ4v) is 3.13. The summed E-state index contributed by atoms with van der Waals surface area (Å²) in [5.74, 6) is 0.315. The molecule has 7 heteroatoms. The highest BCUT2D eigenvalue weighted by Gasteiger charge is 2.23. The van der Waals surface area contributed by atoms with Crippen LogP contribution < -0.4 is 0 Å². The van der Waals surface area contributed by atoms with Crippen molar-refractivity contribution >= 4 is 17.5 Å². The van der Waals surface area contributed by atoms with Crippen molar-refractivity contribution in [2.75, 3.05) is 13.4 Å². The van der Waals surface area contributed by atoms with Gasteiger partial charge in [-0.25, -0.2) is 4.79 Å². The van der Waals surface area contributed by atoms with Crippen molar-refractivity contribution in [3.63, 3.8) is 0 Å². The SMILES string of the molecule is CCOC(=O)OCO/C(=C(/C#N)c1ccc(C(C)(C)C)cc1)c1c(C)c(C)nn1CC. The highest BCUT2D eigenvalue weighted by atomic mass is 16.8. The van der Waals surface area contributed by atoms with E-state index in [4.69, 9.17) is 14.2 Å². The van der Waals surface area contributed by atoms with Crippen LogP contribution in [0.5, 0.6) is 0 Å². The monoisotopic (exact) mass is 425 g/mol. The Morgan fingerprint density at radius 1 is 1.10 bits per heavy atom. The number of aryl methyl sites for hydroxylation is 2. The van der Waals surface area contributed by atoms with Gasteiger partial charge in [0.05, 0.1) is 12.3 Å². The minimum atomic E-state index is -0.827. The highest BCUT2D eigenvalue weighted by Crippen LogP contribution is 2.32. The normalized spacial score (nSPS) is 12.1. The second-order valence-corrected chi connectivity index (χ2v) is 8.11. The summed E-state index contributed by atoms with van der Waals surface area (Å²) in [5, 5.41) is 14.6. The van der Waals surface area contributed by atoms with Crippen LogP contribution in [0.1, 0.15) is 62.7 Å². The molecule has 1 aromatic heterocycles. The maximum Gasteiger partial charge on any atom is 0.511 e. The maximum absolute atomic E-state index is 11.6. The van der Waals surface area contributed by atoms with Crippen LogP contribution in [0.3, 0.4) is 0 Å². The lowest BCUT2D eigenvalue weighted by Crippen LogP contribution is -2.13. The topological polar surface area (TPSA) is 86.4 Å². The molecule has 166 valence electrons. The molecule has 1 heterocycles. The third-order valence-electron chi connectivity index (χ3n) is 4.96. The Kier molecular flexibility index (Phi) is 7.87. The van der Waals surface area contributed by atoms with Gasteiger partial charge in [0.1, 0.15) is 17.3 Å². The molecule has 0 aliphatic heterocycles. The molecule has 2 aromatic rings. The Labute approximate surface area is 184 Å². The lowest BCUT2D eigenvalue weighted by Gasteiger charge is -2.19. The molecule has 0 saturated heterocycles. The van der Waals surface area contributed by atoms with Crippen LogP contribution in [0.2, 0.25) is 0 Å². The molecule has 31 heavy (non-hydrogen) atoms. The number of allylic oxidation sites excluding steroid dienone is 1. The number of hydrogen-bond donors (Lipinski definition) is 0. The summed E-state index contributed by atoms with van der Waals surface area (Å²) in [6.07, 6.45) is -0.827. The summed E-state index contributed by atoms with van der Waals surface area (Å²) in [6, 6.07) is 10.1. The van der Waals surface area contributed by atoms with Crippen LogP contribution in [-0.2, 0) is 26.2 Å². The van der Waals surface area contributed by atoms with Crippen molar-refractivity contribution in [2.24, 2.45) is 0 Å². The van der Waals surface area contributed by atoms with Gasteiger partial charge in [-0.15, -0.1) is 0 Å². The van der Waals surface area contributed by atoms with Crippen LogP contribution in [0, 0.1) is 25.2 Å². The first-order valence-electron chi connectivity index (χ1n) is 10.4. The fourth-order valence-electron chi connectivity index (χ4n) is 3.13. The summed E-state index contributed by atoms with van der Waals surface area (Å²) in [6.45, 7) is 14.3. The summed E-state index contributed by atoms with van der Waals surface area (Å²) in [7, 11) is 0. The van der Waals surface area contributed by atoms with E-state index in [0.717, 1.165) is 16.8 Å². The predicted octanol–water partition coefficient (Wildman–Crippen LogP) is 5.36. The van der Waals surface area contributed by atoms with Gasteiger partial charge in [0, 0.05) is 12.1 Å². The molecule has 2 rings (SSSR count). The summed E-state index contributed by atoms with van der Waals surface area (Å²) >= 11 is 0. The Morgan fingerprint density at radius 2 is 1.74 bits per heavy atom. The molecular weight excluding hydrogens is 394 g/mol. The summed E-state index contributed by atoms with van der Waals surface area (Å²) < 4.78 is 17.4. The molecule has 0 aliphatic rings. The molecule has 0 amide bonds. The van der Waals surface area contributed by atoms with Gasteiger partial charge in [0.25, 0.3) is 0 Å². The van der Waals surface area contributed by atoms with E-state index < -0.39 is 6.16 Å². The first-order valence-corrected chi connectivity index (χ1v) is 10.4. The van der Waals surface area contributed by atoms with Crippen LogP contribution >= 0.6 is 0 Å². The zero-order chi connectivity index (χ0) is 23.2. The molecule has 0 fully saturated rings. The predicted molar refractivity (Wildman–Crippen MR) is 119 cm³/mol. The van der Waals surface area contributed by atoms with Crippen molar-refractivity contribution in [3.8, 4) is 6.07 Å². The van der Waals surface area contributed by atoms with Crippen molar-refractivity contribution in [2.45, 2.75) is 60.4 Å². The molecule has 0 unspecified atom stereocenters. The Hall–Kier alpha value is -3.27. The second kappa shape index (κ2) is 10.2. The largest absolute Gasteiger partial charge is 0.511 e. The lowest BCUT2D eigenvalue weighted by molar-refractivity contribution is -0.00373. The van der Waals surface area contributed by atoms with E-state index in [9.17, 15) is 10.1 Å². The molecule has 0 bridgehead atoms. The van der Waals surface area contributed by atoms with E-state index in [1.54, 1.807) is 11.6 Å². The molecule has 0 N–H and O–H groups in total. The molecule has 0 atom stereocenters. The van der Waals surface area contributed by atoms with Crippen molar-refractivity contribution < 1.29 is 19.0 Å². The minimum absolute atomic E-state index is 0.00358. The average molecular weight is 426 g/mol. The molecule has 7 nitrogen and oxygen atoms in total. The van der Waals surface area contributed by atoms with Gasteiger partial charge in [-0.1, -0.05) is 45.0 Å². The van der Waals surface area contributed by atoms with Crippen molar-refractivity contribution in [1.29, 1.82) is 5.26 Å². The van der Waals surface area contributed by atoms with Crippen molar-refractivity contribution in [3.05, 3.63) is 52.3 Å². The van der Waals surface area contributed by atoms with Gasteiger partial charge >= 0.3 is 6.16 Å². The fraction of sp³-hybridized carbons (Fsp3) is 0.458. The van der Waals surface area contributed by atoms with E-state index in [2.05, 4.69) is 31.9 Å². The van der Waals surface area contributed by atoms with E-state index in [-0.39, 0.29) is 18.8 Å². The Bertz CT molecular complexity index is 990. The molecule has 1 aromatic carbocycles. The van der Waals surface area contributed by atoms with Gasteiger partial charge in [0.15, 0.2) is 5.76 Å². The lowest BCUT2D eigenvalue weighted by atomic mass is 9.86. The zero-order valence-corrected chi connectivity index (χ0v) is 19.4. The third-order valence-corrected chi connectivity index (χ3v) is 4.96. The number of nitriles is 1. The first-order chi connectivity index (χ1) is 14.6. The number of carbonyl (C=O) groups is 1. The van der Waals surface area contributed by atoms with Crippen LogP contribution in [-0.4, -0.2) is 29.3 Å². The Balaban J connectivity index is 2.57. The first kappa shape index (κ1) is 24.0. The number of aromatic nitrogens is 2. The summed E-state index contributed by atoms with van der Waals surface area (Å²) in [5.41, 5.74) is 4.62. The molecule has 0 spiro atoms. The molecule has 0 aliphatic carbocycles. The van der Waals surface area contributed by atoms with Gasteiger partial charge < -0.3 is 14.2 Å². The van der Waals surface area contributed by atoms with Gasteiger partial charge in [-0.3, -0.25) is 4.68 Å². The number of rotatable bonds is 7. The third kappa shape index (κ3) is 5.66. The van der Waals surface area contributed by atoms with E-state index in [1.165, 1.54) is 0 Å². The van der Waals surface area contributed by atoms with Crippen LogP contribution in [0.4, 0.5) is 4.79 Å². The number of carbonyl (C=O) groups excluding carboxylic acids is 1. The van der Waals surface area contributed by atoms with Crippen molar-refractivity contribution in [1.82, 2.24) is 9.78 Å². The smallest absolute Gasteiger partial charge is 0.454 e. The average Bonchev–Trinajstić information content (AvgIpc) is 3.01. The van der Waals surface area contributed by atoms with Crippen LogP contribution in [0.25, 0.3) is 11.3 Å². The van der Waals surface area contributed by atoms with Gasteiger partial charge in [-0.2, -0.15) is 10.4 Å². The number of hydrogen-bond acceptors (Lipinski definition) is 6. The van der Waals surface area contributed by atoms with Gasteiger partial charge in [-0.05, 0) is 44.2 Å². The number of nitrogens with zero attached hydrogens (tertiary/aromatic N) is 3. The summed E-state index contributed by atoms with van der Waals surface area (Å²) in [4.78, 5) is 11.6. The van der Waals surface area contributed by atoms with Gasteiger partial charge in [0.2, 0.25) is 6.79 Å².